The van der Waals surface area contributed by atoms with Gasteiger partial charge in [-0.1, -0.05) is 19.4 Å². The summed E-state index contributed by atoms with van der Waals surface area (Å²) in [5, 5.41) is 16.8. The molecule has 0 saturated carbocycles. The van der Waals surface area contributed by atoms with Crippen molar-refractivity contribution in [3.8, 4) is 23.4 Å². The van der Waals surface area contributed by atoms with Crippen molar-refractivity contribution in [3.05, 3.63) is 46.5 Å². The fourth-order valence-corrected chi connectivity index (χ4v) is 3.21. The summed E-state index contributed by atoms with van der Waals surface area (Å²) in [6.07, 6.45) is 2.01. The highest BCUT2D eigenvalue weighted by atomic mass is 16.5. The van der Waals surface area contributed by atoms with E-state index in [-0.39, 0.29) is 5.88 Å². The molecule has 2 heterocycles. The van der Waals surface area contributed by atoms with E-state index in [1.807, 2.05) is 18.2 Å². The summed E-state index contributed by atoms with van der Waals surface area (Å²) in [6, 6.07) is 7.78. The van der Waals surface area contributed by atoms with E-state index in [4.69, 9.17) is 24.7 Å². The van der Waals surface area contributed by atoms with E-state index in [9.17, 15) is 5.26 Å². The van der Waals surface area contributed by atoms with Gasteiger partial charge in [-0.15, -0.1) is 5.10 Å². The van der Waals surface area contributed by atoms with Crippen LogP contribution in [0.4, 0.5) is 0 Å². The minimum absolute atomic E-state index is 0.0395. The summed E-state index contributed by atoms with van der Waals surface area (Å²) in [5.74, 6) is 1.19. The lowest BCUT2D eigenvalue weighted by molar-refractivity contribution is 0.180. The van der Waals surface area contributed by atoms with Crippen LogP contribution < -0.4 is 19.9 Å². The molecule has 0 amide bonds. The third kappa shape index (κ3) is 3.62. The van der Waals surface area contributed by atoms with Crippen LogP contribution in [0.15, 0.2) is 29.7 Å². The average Bonchev–Trinajstić information content (AvgIpc) is 3.09. The predicted octanol–water partition coefficient (Wildman–Crippen LogP) is 2.96. The molecule has 1 aliphatic rings. The molecule has 8 heteroatoms. The SMILES string of the molecule is CCCCOc1ccc(C2C(C#N)=C(N)Oc3n[nH]c(COC)c32)cc1OC. The second-order valence-corrected chi connectivity index (χ2v) is 6.39. The highest BCUT2D eigenvalue weighted by Gasteiger charge is 2.35. The van der Waals surface area contributed by atoms with Gasteiger partial charge in [0.05, 0.1) is 37.5 Å². The molecule has 148 valence electrons. The largest absolute Gasteiger partial charge is 0.493 e. The molecule has 0 aliphatic carbocycles. The number of rotatable bonds is 8. The number of aromatic nitrogens is 2. The number of nitrogens with one attached hydrogen (secondary N) is 1. The van der Waals surface area contributed by atoms with Crippen LogP contribution in [0.2, 0.25) is 0 Å². The quantitative estimate of drug-likeness (QED) is 0.672. The van der Waals surface area contributed by atoms with Crippen LogP contribution in [0.1, 0.15) is 42.5 Å². The molecule has 8 nitrogen and oxygen atoms in total. The van der Waals surface area contributed by atoms with Gasteiger partial charge in [0.15, 0.2) is 11.5 Å². The number of hydrogen-bond donors (Lipinski definition) is 2. The number of unbranched alkanes of at least 4 members (excludes halogenated alkanes) is 1. The van der Waals surface area contributed by atoms with Crippen LogP contribution in [-0.2, 0) is 11.3 Å². The Hall–Kier alpha value is -3.18. The number of benzene rings is 1. The van der Waals surface area contributed by atoms with Crippen LogP contribution in [0, 0.1) is 11.3 Å². The Labute approximate surface area is 163 Å². The number of hydrogen-bond acceptors (Lipinski definition) is 7. The fourth-order valence-electron chi connectivity index (χ4n) is 3.21. The van der Waals surface area contributed by atoms with Gasteiger partial charge < -0.3 is 24.7 Å². The van der Waals surface area contributed by atoms with Crippen LogP contribution in [0.3, 0.4) is 0 Å². The molecule has 1 unspecified atom stereocenters. The summed E-state index contributed by atoms with van der Waals surface area (Å²) in [6.45, 7) is 3.02. The van der Waals surface area contributed by atoms with Crippen LogP contribution >= 0.6 is 0 Å². The second-order valence-electron chi connectivity index (χ2n) is 6.39. The van der Waals surface area contributed by atoms with E-state index < -0.39 is 5.92 Å². The second kappa shape index (κ2) is 8.67. The Balaban J connectivity index is 2.06. The number of H-pyrrole nitrogens is 1. The lowest BCUT2D eigenvalue weighted by atomic mass is 9.84. The van der Waals surface area contributed by atoms with Crippen molar-refractivity contribution in [1.29, 1.82) is 5.26 Å². The topological polar surface area (TPSA) is 115 Å². The van der Waals surface area contributed by atoms with Gasteiger partial charge in [0.25, 0.3) is 0 Å². The number of aromatic amines is 1. The highest BCUT2D eigenvalue weighted by molar-refractivity contribution is 5.57. The third-order valence-corrected chi connectivity index (χ3v) is 4.58. The third-order valence-electron chi connectivity index (χ3n) is 4.58. The molecule has 1 aliphatic heterocycles. The van der Waals surface area contributed by atoms with Crippen molar-refractivity contribution in [3.63, 3.8) is 0 Å². The van der Waals surface area contributed by atoms with Gasteiger partial charge in [-0.25, -0.2) is 0 Å². The van der Waals surface area contributed by atoms with Gasteiger partial charge >= 0.3 is 0 Å². The Bertz CT molecular complexity index is 913. The Kier molecular flexibility index (Phi) is 6.06. The molecule has 0 fully saturated rings. The van der Waals surface area contributed by atoms with Crippen molar-refractivity contribution in [2.45, 2.75) is 32.3 Å². The van der Waals surface area contributed by atoms with Crippen LogP contribution in [0.5, 0.6) is 17.4 Å². The lowest BCUT2D eigenvalue weighted by Gasteiger charge is -2.24. The number of methoxy groups -OCH3 is 2. The van der Waals surface area contributed by atoms with Gasteiger partial charge in [0.2, 0.25) is 11.8 Å². The molecule has 0 bridgehead atoms. The standard InChI is InChI=1S/C20H24N4O4/c1-4-5-8-27-15-7-6-12(9-16(15)26-3)17-13(10-21)19(22)28-20-18(17)14(11-25-2)23-24-20/h6-7,9,17H,4-5,8,11,22H2,1-3H3,(H,23,24). The normalized spacial score (nSPS) is 15.6. The molecule has 28 heavy (non-hydrogen) atoms. The summed E-state index contributed by atoms with van der Waals surface area (Å²) in [5.41, 5.74) is 8.58. The van der Waals surface area contributed by atoms with Gasteiger partial charge in [0, 0.05) is 7.11 Å². The smallest absolute Gasteiger partial charge is 0.244 e. The van der Waals surface area contributed by atoms with Gasteiger partial charge in [0.1, 0.15) is 11.6 Å². The zero-order valence-electron chi connectivity index (χ0n) is 16.2. The van der Waals surface area contributed by atoms with Crippen molar-refractivity contribution in [2.24, 2.45) is 5.73 Å². The zero-order chi connectivity index (χ0) is 20.1. The number of ether oxygens (including phenoxy) is 4. The number of nitrogens with two attached hydrogens (primary N) is 1. The first-order valence-corrected chi connectivity index (χ1v) is 9.08. The average molecular weight is 384 g/mol. The van der Waals surface area contributed by atoms with Gasteiger partial charge in [-0.3, -0.25) is 5.10 Å². The molecule has 0 radical (unpaired) electrons. The molecule has 0 saturated heterocycles. The van der Waals surface area contributed by atoms with Crippen LogP contribution in [0.25, 0.3) is 0 Å². The number of nitrogens with zero attached hydrogens (tertiary/aromatic N) is 2. The van der Waals surface area contributed by atoms with E-state index in [1.165, 1.54) is 0 Å². The minimum atomic E-state index is -0.448. The maximum atomic E-state index is 9.72. The molecule has 0 spiro atoms. The summed E-state index contributed by atoms with van der Waals surface area (Å²) >= 11 is 0. The monoisotopic (exact) mass is 384 g/mol. The maximum Gasteiger partial charge on any atom is 0.244 e. The minimum Gasteiger partial charge on any atom is -0.493 e. The highest BCUT2D eigenvalue weighted by Crippen LogP contribution is 2.44. The predicted molar refractivity (Wildman–Crippen MR) is 102 cm³/mol. The Morgan fingerprint density at radius 2 is 2.14 bits per heavy atom. The maximum absolute atomic E-state index is 9.72. The Morgan fingerprint density at radius 3 is 2.82 bits per heavy atom. The molecule has 1 atom stereocenters. The molecular weight excluding hydrogens is 360 g/mol. The number of allylic oxidation sites excluding steroid dienone is 1. The van der Waals surface area contributed by atoms with E-state index >= 15 is 0 Å². The van der Waals surface area contributed by atoms with Gasteiger partial charge in [-0.2, -0.15) is 5.26 Å². The molecule has 1 aromatic heterocycles. The molecule has 3 N–H and O–H groups in total. The number of nitriles is 1. The van der Waals surface area contributed by atoms with Crippen LogP contribution in [-0.4, -0.2) is 31.0 Å². The van der Waals surface area contributed by atoms with Crippen molar-refractivity contribution in [1.82, 2.24) is 10.2 Å². The summed E-state index contributed by atoms with van der Waals surface area (Å²) in [7, 11) is 3.18. The van der Waals surface area contributed by atoms with Crippen molar-refractivity contribution >= 4 is 0 Å². The van der Waals surface area contributed by atoms with Gasteiger partial charge in [-0.05, 0) is 24.1 Å². The number of fused-ring (bicyclic) bond motifs is 1. The molecule has 3 rings (SSSR count). The first kappa shape index (κ1) is 19.6. The van der Waals surface area contributed by atoms with E-state index in [0.717, 1.165) is 29.7 Å². The van der Waals surface area contributed by atoms with Crippen molar-refractivity contribution < 1.29 is 18.9 Å². The fraction of sp³-hybridized carbons (Fsp3) is 0.400. The lowest BCUT2D eigenvalue weighted by Crippen LogP contribution is -2.21. The molecule has 1 aromatic carbocycles. The van der Waals surface area contributed by atoms with Crippen molar-refractivity contribution in [2.75, 3.05) is 20.8 Å². The first-order chi connectivity index (χ1) is 13.6. The molecule has 2 aromatic rings. The Morgan fingerprint density at radius 1 is 1.32 bits per heavy atom. The summed E-state index contributed by atoms with van der Waals surface area (Å²) < 4.78 is 22.1. The van der Waals surface area contributed by atoms with E-state index in [0.29, 0.717) is 36.2 Å². The zero-order valence-corrected chi connectivity index (χ0v) is 16.2. The first-order valence-electron chi connectivity index (χ1n) is 9.08. The molecular formula is C20H24N4O4. The summed E-state index contributed by atoms with van der Waals surface area (Å²) in [4.78, 5) is 0. The van der Waals surface area contributed by atoms with E-state index in [1.54, 1.807) is 14.2 Å². The van der Waals surface area contributed by atoms with E-state index in [2.05, 4.69) is 23.2 Å².